The second-order valence-corrected chi connectivity index (χ2v) is 4.33. The Morgan fingerprint density at radius 3 is 1.80 bits per heavy atom. The van der Waals surface area contributed by atoms with Gasteiger partial charge in [-0.1, -0.05) is 11.6 Å². The maximum absolute atomic E-state index is 5.57. The highest BCUT2D eigenvalue weighted by Gasteiger charge is 2.01. The summed E-state index contributed by atoms with van der Waals surface area (Å²) in [6.45, 7) is 1.81. The summed E-state index contributed by atoms with van der Waals surface area (Å²) < 4.78 is 9.70. The lowest BCUT2D eigenvalue weighted by atomic mass is 10.4. The number of ether oxygens (including phenoxy) is 2. The van der Waals surface area contributed by atoms with Gasteiger partial charge < -0.3 is 9.47 Å². The number of rotatable bonds is 2. The minimum absolute atomic E-state index is 0.116. The second-order valence-electron chi connectivity index (χ2n) is 3.29. The van der Waals surface area contributed by atoms with Gasteiger partial charge in [0.05, 0.1) is 32.3 Å². The molecule has 0 unspecified atom stereocenters. The van der Waals surface area contributed by atoms with Crippen molar-refractivity contribution in [1.29, 1.82) is 0 Å². The molecule has 0 spiro atoms. The van der Waals surface area contributed by atoms with Crippen LogP contribution in [0.15, 0.2) is 12.4 Å². The molecule has 2 aromatic rings. The van der Waals surface area contributed by atoms with Gasteiger partial charge in [0.25, 0.3) is 0 Å². The lowest BCUT2D eigenvalue weighted by molar-refractivity contribution is 0.407. The fourth-order valence-corrected chi connectivity index (χ4v) is 1.65. The standard InChI is InChI=1S/C6H7ClN2O.C5H4Cl2N2O/c1-4-5(10-2)3-8-6(7)9-4;1-10-3-2-8-5(7)9-4(3)6/h3H,1-2H3;2H,1H3. The highest BCUT2D eigenvalue weighted by molar-refractivity contribution is 6.32. The molecule has 20 heavy (non-hydrogen) atoms. The highest BCUT2D eigenvalue weighted by atomic mass is 35.5. The zero-order valence-electron chi connectivity index (χ0n) is 10.9. The maximum atomic E-state index is 5.57. The van der Waals surface area contributed by atoms with Gasteiger partial charge in [-0.25, -0.2) is 19.9 Å². The van der Waals surface area contributed by atoms with Crippen LogP contribution in [-0.2, 0) is 0 Å². The molecule has 0 amide bonds. The van der Waals surface area contributed by atoms with Gasteiger partial charge in [0.2, 0.25) is 10.6 Å². The SMILES string of the molecule is COc1cnc(Cl)nc1C.COc1cnc(Cl)nc1Cl. The van der Waals surface area contributed by atoms with Crippen molar-refractivity contribution in [3.8, 4) is 11.5 Å². The Balaban J connectivity index is 0.000000200. The first-order valence-corrected chi connectivity index (χ1v) is 6.36. The Morgan fingerprint density at radius 2 is 1.35 bits per heavy atom. The van der Waals surface area contributed by atoms with Crippen molar-refractivity contribution in [3.63, 3.8) is 0 Å². The molecule has 108 valence electrons. The van der Waals surface area contributed by atoms with E-state index in [0.717, 1.165) is 5.69 Å². The molecular weight excluding hydrogens is 327 g/mol. The van der Waals surface area contributed by atoms with Gasteiger partial charge in [0.1, 0.15) is 0 Å². The van der Waals surface area contributed by atoms with Crippen LogP contribution in [0.25, 0.3) is 0 Å². The fraction of sp³-hybridized carbons (Fsp3) is 0.273. The first-order chi connectivity index (χ1) is 9.47. The van der Waals surface area contributed by atoms with E-state index in [0.29, 0.717) is 11.5 Å². The molecular formula is C11H11Cl3N4O2. The molecule has 0 bridgehead atoms. The predicted molar refractivity (Wildman–Crippen MR) is 76.9 cm³/mol. The van der Waals surface area contributed by atoms with Crippen molar-refractivity contribution in [2.75, 3.05) is 14.2 Å². The Labute approximate surface area is 131 Å². The van der Waals surface area contributed by atoms with Crippen molar-refractivity contribution in [2.24, 2.45) is 0 Å². The third-order valence-corrected chi connectivity index (χ3v) is 2.66. The first kappa shape index (κ1) is 16.7. The van der Waals surface area contributed by atoms with Gasteiger partial charge in [-0.2, -0.15) is 0 Å². The van der Waals surface area contributed by atoms with E-state index in [9.17, 15) is 0 Å². The summed E-state index contributed by atoms with van der Waals surface area (Å²) in [6.07, 6.45) is 2.96. The minimum atomic E-state index is 0.116. The number of halogens is 3. The Bertz CT molecular complexity index is 532. The van der Waals surface area contributed by atoms with E-state index in [1.807, 2.05) is 6.92 Å². The van der Waals surface area contributed by atoms with Crippen molar-refractivity contribution < 1.29 is 9.47 Å². The molecule has 0 saturated carbocycles. The molecule has 0 aliphatic rings. The Morgan fingerprint density at radius 1 is 0.850 bits per heavy atom. The van der Waals surface area contributed by atoms with Gasteiger partial charge in [0.15, 0.2) is 16.7 Å². The zero-order chi connectivity index (χ0) is 15.1. The van der Waals surface area contributed by atoms with E-state index in [4.69, 9.17) is 44.3 Å². The van der Waals surface area contributed by atoms with E-state index >= 15 is 0 Å². The molecule has 0 aliphatic carbocycles. The number of hydrogen-bond donors (Lipinski definition) is 0. The van der Waals surface area contributed by atoms with E-state index < -0.39 is 0 Å². The largest absolute Gasteiger partial charge is 0.493 e. The van der Waals surface area contributed by atoms with Gasteiger partial charge in [0, 0.05) is 0 Å². The summed E-state index contributed by atoms with van der Waals surface area (Å²) in [5.74, 6) is 1.08. The van der Waals surface area contributed by atoms with E-state index in [-0.39, 0.29) is 15.7 Å². The Kier molecular flexibility index (Phi) is 6.70. The number of aryl methyl sites for hydroxylation is 1. The minimum Gasteiger partial charge on any atom is -0.493 e. The van der Waals surface area contributed by atoms with Crippen molar-refractivity contribution >= 4 is 34.8 Å². The Hall–Kier alpha value is -1.37. The molecule has 0 aliphatic heterocycles. The summed E-state index contributed by atoms with van der Waals surface area (Å²) in [5.41, 5.74) is 0.752. The van der Waals surface area contributed by atoms with Crippen molar-refractivity contribution in [3.05, 3.63) is 33.8 Å². The molecule has 2 heterocycles. The van der Waals surface area contributed by atoms with Crippen LogP contribution < -0.4 is 9.47 Å². The average Bonchev–Trinajstić information content (AvgIpc) is 2.40. The average molecular weight is 338 g/mol. The van der Waals surface area contributed by atoms with E-state index in [1.54, 1.807) is 13.3 Å². The summed E-state index contributed by atoms with van der Waals surface area (Å²) in [4.78, 5) is 14.9. The second kappa shape index (κ2) is 8.04. The lowest BCUT2D eigenvalue weighted by Gasteiger charge is -2.00. The van der Waals surface area contributed by atoms with Crippen molar-refractivity contribution in [1.82, 2.24) is 19.9 Å². The van der Waals surface area contributed by atoms with Crippen LogP contribution in [0.5, 0.6) is 11.5 Å². The summed E-state index contributed by atoms with van der Waals surface area (Å²) in [5, 5.41) is 0.589. The molecule has 0 N–H and O–H groups in total. The van der Waals surface area contributed by atoms with Crippen LogP contribution >= 0.6 is 34.8 Å². The van der Waals surface area contributed by atoms with Crippen molar-refractivity contribution in [2.45, 2.75) is 6.92 Å². The van der Waals surface area contributed by atoms with E-state index in [1.165, 1.54) is 13.3 Å². The third-order valence-electron chi connectivity index (χ3n) is 2.03. The highest BCUT2D eigenvalue weighted by Crippen LogP contribution is 2.20. The number of hydrogen-bond acceptors (Lipinski definition) is 6. The summed E-state index contributed by atoms with van der Waals surface area (Å²) >= 11 is 16.5. The number of nitrogens with zero attached hydrogens (tertiary/aromatic N) is 4. The van der Waals surface area contributed by atoms with Gasteiger partial charge in [-0.05, 0) is 30.1 Å². The number of methoxy groups -OCH3 is 2. The quantitative estimate of drug-likeness (QED) is 0.619. The lowest BCUT2D eigenvalue weighted by Crippen LogP contribution is -1.92. The normalized spacial score (nSPS) is 9.50. The van der Waals surface area contributed by atoms with Crippen LogP contribution in [0.2, 0.25) is 15.7 Å². The van der Waals surface area contributed by atoms with Crippen LogP contribution in [0.1, 0.15) is 5.69 Å². The fourth-order valence-electron chi connectivity index (χ4n) is 1.10. The molecule has 0 aromatic carbocycles. The van der Waals surface area contributed by atoms with Gasteiger partial charge in [-0.3, -0.25) is 0 Å². The third kappa shape index (κ3) is 4.96. The molecule has 9 heteroatoms. The molecule has 0 radical (unpaired) electrons. The summed E-state index contributed by atoms with van der Waals surface area (Å²) in [7, 11) is 3.05. The zero-order valence-corrected chi connectivity index (χ0v) is 13.2. The molecule has 0 atom stereocenters. The topological polar surface area (TPSA) is 70.0 Å². The van der Waals surface area contributed by atoms with E-state index in [2.05, 4.69) is 19.9 Å². The van der Waals surface area contributed by atoms with Crippen LogP contribution in [-0.4, -0.2) is 34.2 Å². The van der Waals surface area contributed by atoms with Gasteiger partial charge in [-0.15, -0.1) is 0 Å². The van der Waals surface area contributed by atoms with Crippen LogP contribution in [0.4, 0.5) is 0 Å². The predicted octanol–water partition coefficient (Wildman–Crippen LogP) is 3.24. The molecule has 2 rings (SSSR count). The molecule has 0 saturated heterocycles. The number of aromatic nitrogens is 4. The first-order valence-electron chi connectivity index (χ1n) is 5.23. The van der Waals surface area contributed by atoms with Crippen LogP contribution in [0.3, 0.4) is 0 Å². The monoisotopic (exact) mass is 336 g/mol. The summed E-state index contributed by atoms with van der Waals surface area (Å²) in [6, 6.07) is 0. The molecule has 0 fully saturated rings. The van der Waals surface area contributed by atoms with Crippen LogP contribution in [0, 0.1) is 6.92 Å². The molecule has 2 aromatic heterocycles. The smallest absolute Gasteiger partial charge is 0.224 e. The molecule has 6 nitrogen and oxygen atoms in total. The van der Waals surface area contributed by atoms with Gasteiger partial charge >= 0.3 is 0 Å². The maximum Gasteiger partial charge on any atom is 0.224 e.